The lowest BCUT2D eigenvalue weighted by Crippen LogP contribution is -2.56. The van der Waals surface area contributed by atoms with E-state index in [0.717, 1.165) is 6.92 Å². The van der Waals surface area contributed by atoms with Gasteiger partial charge in [-0.3, -0.25) is 19.2 Å². The number of nitrogens with one attached hydrogen (secondary N) is 3. The quantitative estimate of drug-likeness (QED) is 0.171. The molecule has 0 radical (unpaired) electrons. The van der Waals surface area contributed by atoms with Gasteiger partial charge in [-0.1, -0.05) is 0 Å². The highest BCUT2D eigenvalue weighted by Crippen LogP contribution is 1.98. The Morgan fingerprint density at radius 3 is 2.08 bits per heavy atom. The van der Waals surface area contributed by atoms with Gasteiger partial charge in [0.15, 0.2) is 6.04 Å². The maximum absolute atomic E-state index is 12.1. The zero-order valence-corrected chi connectivity index (χ0v) is 14.0. The molecule has 0 saturated heterocycles. The van der Waals surface area contributed by atoms with Gasteiger partial charge >= 0.3 is 5.97 Å². The number of carbonyl (C=O) groups is 5. The summed E-state index contributed by atoms with van der Waals surface area (Å²) in [5.74, 6) is -5.26. The molecule has 0 heterocycles. The predicted molar refractivity (Wildman–Crippen MR) is 85.1 cm³/mol. The van der Waals surface area contributed by atoms with Crippen LogP contribution in [0, 0.1) is 0 Å². The third kappa shape index (κ3) is 8.36. The normalized spacial score (nSPS) is 15.1. The van der Waals surface area contributed by atoms with Crippen LogP contribution in [0.4, 0.5) is 0 Å². The third-order valence-corrected chi connectivity index (χ3v) is 3.06. The molecule has 0 fully saturated rings. The smallest absolute Gasteiger partial charge is 0.328 e. The molecule has 13 nitrogen and oxygen atoms in total. The van der Waals surface area contributed by atoms with Crippen molar-refractivity contribution in [2.45, 2.75) is 37.6 Å². The number of aliphatic carboxylic acids is 1. The van der Waals surface area contributed by atoms with E-state index >= 15 is 0 Å². The predicted octanol–water partition coefficient (Wildman–Crippen LogP) is -5.27. The van der Waals surface area contributed by atoms with Crippen LogP contribution in [-0.2, 0) is 24.0 Å². The molecule has 4 atom stereocenters. The zero-order chi connectivity index (χ0) is 20.4. The van der Waals surface area contributed by atoms with Gasteiger partial charge in [-0.25, -0.2) is 4.79 Å². The van der Waals surface area contributed by atoms with Crippen LogP contribution in [0.2, 0.25) is 0 Å². The van der Waals surface area contributed by atoms with Crippen molar-refractivity contribution in [2.75, 3.05) is 13.2 Å². The topological polar surface area (TPSA) is 234 Å². The molecule has 26 heavy (non-hydrogen) atoms. The summed E-state index contributed by atoms with van der Waals surface area (Å²) in [6.07, 6.45) is -2.09. The number of hydrogen-bond acceptors (Lipinski definition) is 8. The summed E-state index contributed by atoms with van der Waals surface area (Å²) in [5.41, 5.74) is 10.2. The maximum atomic E-state index is 12.1. The molecule has 0 bridgehead atoms. The third-order valence-electron chi connectivity index (χ3n) is 3.06. The number of aliphatic hydroxyl groups excluding tert-OH is 2. The van der Waals surface area contributed by atoms with Crippen LogP contribution < -0.4 is 27.4 Å². The van der Waals surface area contributed by atoms with Crippen LogP contribution in [0.3, 0.4) is 0 Å². The van der Waals surface area contributed by atoms with Crippen molar-refractivity contribution in [3.05, 3.63) is 0 Å². The van der Waals surface area contributed by atoms with Crippen molar-refractivity contribution in [3.63, 3.8) is 0 Å². The van der Waals surface area contributed by atoms with E-state index in [0.29, 0.717) is 0 Å². The van der Waals surface area contributed by atoms with Crippen molar-refractivity contribution in [2.24, 2.45) is 11.5 Å². The van der Waals surface area contributed by atoms with E-state index in [-0.39, 0.29) is 0 Å². The van der Waals surface area contributed by atoms with Crippen LogP contribution in [0.1, 0.15) is 13.3 Å². The summed E-state index contributed by atoms with van der Waals surface area (Å²) in [5, 5.41) is 33.1. The monoisotopic (exact) mass is 377 g/mol. The number of carboxylic acids is 1. The second kappa shape index (κ2) is 11.0. The highest BCUT2D eigenvalue weighted by atomic mass is 16.4. The fourth-order valence-electron chi connectivity index (χ4n) is 1.68. The lowest BCUT2D eigenvalue weighted by Gasteiger charge is -2.22. The molecule has 4 amide bonds. The van der Waals surface area contributed by atoms with Gasteiger partial charge in [0, 0.05) is 0 Å². The Labute approximate surface area is 148 Å². The number of carboxylic acid groups (broad SMARTS) is 1. The molecule has 0 aromatic rings. The Kier molecular flexibility index (Phi) is 9.80. The summed E-state index contributed by atoms with van der Waals surface area (Å²) >= 11 is 0. The van der Waals surface area contributed by atoms with Gasteiger partial charge in [-0.05, 0) is 6.92 Å². The van der Waals surface area contributed by atoms with Crippen molar-refractivity contribution in [1.82, 2.24) is 16.0 Å². The zero-order valence-electron chi connectivity index (χ0n) is 14.0. The molecule has 0 saturated carbocycles. The van der Waals surface area contributed by atoms with Crippen molar-refractivity contribution >= 4 is 29.6 Å². The summed E-state index contributed by atoms with van der Waals surface area (Å²) in [4.78, 5) is 57.2. The molecular formula is C13H23N5O8. The van der Waals surface area contributed by atoms with Gasteiger partial charge < -0.3 is 42.7 Å². The molecule has 4 unspecified atom stereocenters. The van der Waals surface area contributed by atoms with Gasteiger partial charge in [-0.15, -0.1) is 0 Å². The van der Waals surface area contributed by atoms with E-state index in [2.05, 4.69) is 10.6 Å². The summed E-state index contributed by atoms with van der Waals surface area (Å²) in [7, 11) is 0. The molecule has 0 aliphatic heterocycles. The van der Waals surface area contributed by atoms with Crippen molar-refractivity contribution in [3.8, 4) is 0 Å². The van der Waals surface area contributed by atoms with Crippen molar-refractivity contribution in [1.29, 1.82) is 0 Å². The van der Waals surface area contributed by atoms with Gasteiger partial charge in [0.2, 0.25) is 23.6 Å². The highest BCUT2D eigenvalue weighted by molar-refractivity contribution is 5.95. The molecule has 148 valence electrons. The van der Waals surface area contributed by atoms with Crippen LogP contribution in [0.15, 0.2) is 0 Å². The summed E-state index contributed by atoms with van der Waals surface area (Å²) in [6, 6.07) is -4.43. The number of nitrogens with two attached hydrogens (primary N) is 2. The number of carbonyl (C=O) groups excluding carboxylic acids is 4. The average molecular weight is 377 g/mol. The fraction of sp³-hybridized carbons (Fsp3) is 0.615. The first-order chi connectivity index (χ1) is 12.0. The van der Waals surface area contributed by atoms with E-state index in [1.807, 2.05) is 5.32 Å². The average Bonchev–Trinajstić information content (AvgIpc) is 2.54. The van der Waals surface area contributed by atoms with Gasteiger partial charge in [0.1, 0.15) is 12.1 Å². The molecule has 0 aromatic carbocycles. The molecule has 13 heteroatoms. The number of primary amides is 1. The number of amides is 4. The highest BCUT2D eigenvalue weighted by Gasteiger charge is 2.30. The summed E-state index contributed by atoms with van der Waals surface area (Å²) < 4.78 is 0. The Morgan fingerprint density at radius 1 is 1.08 bits per heavy atom. The lowest BCUT2D eigenvalue weighted by molar-refractivity contribution is -0.145. The second-order valence-corrected chi connectivity index (χ2v) is 5.36. The Bertz CT molecular complexity index is 553. The standard InChI is InChI=1S/C13H23N5O8/c1-5(20)10(13(25)26)18-12(24)7(2-8(15)21)17-9(22)3-16-11(23)6(14)4-19/h5-7,10,19-20H,2-4,14H2,1H3,(H2,15,21)(H,16,23)(H,17,22)(H,18,24)(H,25,26). The van der Waals surface area contributed by atoms with E-state index in [9.17, 15) is 29.1 Å². The van der Waals surface area contributed by atoms with Gasteiger partial charge in [0.25, 0.3) is 0 Å². The van der Waals surface area contributed by atoms with Crippen molar-refractivity contribution < 1.29 is 39.3 Å². The molecule has 0 aliphatic carbocycles. The first-order valence-electron chi connectivity index (χ1n) is 7.42. The first kappa shape index (κ1) is 23.2. The van der Waals surface area contributed by atoms with Crippen LogP contribution in [0.5, 0.6) is 0 Å². The SMILES string of the molecule is CC(O)C(NC(=O)C(CC(N)=O)NC(=O)CNC(=O)C(N)CO)C(=O)O. The molecular weight excluding hydrogens is 354 g/mol. The maximum Gasteiger partial charge on any atom is 0.328 e. The van der Waals surface area contributed by atoms with E-state index in [1.165, 1.54) is 0 Å². The Morgan fingerprint density at radius 2 is 1.65 bits per heavy atom. The lowest BCUT2D eigenvalue weighted by atomic mass is 10.1. The van der Waals surface area contributed by atoms with E-state index in [1.54, 1.807) is 0 Å². The van der Waals surface area contributed by atoms with E-state index in [4.69, 9.17) is 21.7 Å². The summed E-state index contributed by atoms with van der Waals surface area (Å²) in [6.45, 7) is -0.134. The van der Waals surface area contributed by atoms with Gasteiger partial charge in [0.05, 0.1) is 25.7 Å². The number of hydrogen-bond donors (Lipinski definition) is 8. The molecule has 0 aliphatic rings. The second-order valence-electron chi connectivity index (χ2n) is 5.36. The van der Waals surface area contributed by atoms with Crippen LogP contribution in [-0.4, -0.2) is 82.3 Å². The number of rotatable bonds is 11. The molecule has 0 rings (SSSR count). The van der Waals surface area contributed by atoms with Crippen LogP contribution >= 0.6 is 0 Å². The van der Waals surface area contributed by atoms with E-state index < -0.39 is 73.4 Å². The minimum absolute atomic E-state index is 0.617. The first-order valence-corrected chi connectivity index (χ1v) is 7.42. The molecule has 0 spiro atoms. The Hall–Kier alpha value is -2.77. The van der Waals surface area contributed by atoms with Gasteiger partial charge in [-0.2, -0.15) is 0 Å². The molecule has 10 N–H and O–H groups in total. The molecule has 0 aromatic heterocycles. The Balaban J connectivity index is 4.90. The number of aliphatic hydroxyl groups is 2. The largest absolute Gasteiger partial charge is 0.480 e. The minimum Gasteiger partial charge on any atom is -0.480 e. The minimum atomic E-state index is -1.67. The fourth-order valence-corrected chi connectivity index (χ4v) is 1.68. The van der Waals surface area contributed by atoms with Crippen LogP contribution in [0.25, 0.3) is 0 Å².